The first-order valence-corrected chi connectivity index (χ1v) is 7.41. The summed E-state index contributed by atoms with van der Waals surface area (Å²) in [5, 5.41) is 13.6. The number of carbonyl (C=O) groups excluding carboxylic acids is 1. The van der Waals surface area contributed by atoms with Crippen LogP contribution in [0.5, 0.6) is 11.5 Å². The molecule has 7 nitrogen and oxygen atoms in total. The summed E-state index contributed by atoms with van der Waals surface area (Å²) in [6.07, 6.45) is 2.96. The Morgan fingerprint density at radius 2 is 1.88 bits per heavy atom. The number of nitrogens with zero attached hydrogens (tertiary/aromatic N) is 1. The van der Waals surface area contributed by atoms with Gasteiger partial charge in [0.2, 0.25) is 5.91 Å². The van der Waals surface area contributed by atoms with Crippen molar-refractivity contribution in [3.05, 3.63) is 63.7 Å². The fourth-order valence-corrected chi connectivity index (χ4v) is 2.26. The number of nitro benzene ring substituents is 1. The summed E-state index contributed by atoms with van der Waals surface area (Å²) in [4.78, 5) is 22.5. The van der Waals surface area contributed by atoms with Crippen LogP contribution in [0, 0.1) is 17.0 Å². The first kappa shape index (κ1) is 18.0. The van der Waals surface area contributed by atoms with Crippen LogP contribution < -0.4 is 14.8 Å². The highest BCUT2D eigenvalue weighted by Gasteiger charge is 2.14. The van der Waals surface area contributed by atoms with E-state index in [2.05, 4.69) is 5.32 Å². The molecule has 0 radical (unpaired) electrons. The number of nitro groups is 1. The minimum Gasteiger partial charge on any atom is -0.493 e. The molecule has 1 N–H and O–H groups in total. The van der Waals surface area contributed by atoms with Crippen LogP contribution in [0.4, 0.5) is 11.4 Å². The molecule has 0 atom stereocenters. The van der Waals surface area contributed by atoms with Crippen molar-refractivity contribution in [2.45, 2.75) is 6.92 Å². The standard InChI is InChI=1S/C18H18N2O5/c1-12-14(5-4-6-15(12)20(22)23)19-18(21)10-8-13-7-9-16(24-2)17(11-13)25-3/h4-11H,1-3H3,(H,19,21). The third-order valence-electron chi connectivity index (χ3n) is 3.59. The zero-order chi connectivity index (χ0) is 18.4. The maximum absolute atomic E-state index is 12.1. The molecule has 0 fully saturated rings. The third kappa shape index (κ3) is 4.35. The fraction of sp³-hybridized carbons (Fsp3) is 0.167. The van der Waals surface area contributed by atoms with Crippen LogP contribution in [0.25, 0.3) is 6.08 Å². The number of anilines is 1. The number of hydrogen-bond acceptors (Lipinski definition) is 5. The minimum absolute atomic E-state index is 0.0401. The molecule has 0 bridgehead atoms. The van der Waals surface area contributed by atoms with E-state index in [1.807, 2.05) is 0 Å². The van der Waals surface area contributed by atoms with Crippen LogP contribution in [-0.4, -0.2) is 25.1 Å². The van der Waals surface area contributed by atoms with Gasteiger partial charge in [-0.25, -0.2) is 0 Å². The molecular weight excluding hydrogens is 324 g/mol. The van der Waals surface area contributed by atoms with Gasteiger partial charge in [0.05, 0.1) is 30.4 Å². The fourth-order valence-electron chi connectivity index (χ4n) is 2.26. The number of rotatable bonds is 6. The molecule has 0 aromatic heterocycles. The molecule has 0 saturated heterocycles. The third-order valence-corrected chi connectivity index (χ3v) is 3.59. The summed E-state index contributed by atoms with van der Waals surface area (Å²) in [6.45, 7) is 1.59. The summed E-state index contributed by atoms with van der Waals surface area (Å²) in [5.41, 5.74) is 1.52. The summed E-state index contributed by atoms with van der Waals surface area (Å²) < 4.78 is 10.4. The summed E-state index contributed by atoms with van der Waals surface area (Å²) >= 11 is 0. The summed E-state index contributed by atoms with van der Waals surface area (Å²) in [5.74, 6) is 0.759. The lowest BCUT2D eigenvalue weighted by Crippen LogP contribution is -2.09. The molecule has 0 aliphatic rings. The quantitative estimate of drug-likeness (QED) is 0.492. The smallest absolute Gasteiger partial charge is 0.274 e. The highest BCUT2D eigenvalue weighted by Crippen LogP contribution is 2.28. The van der Waals surface area contributed by atoms with Crippen LogP contribution in [0.3, 0.4) is 0 Å². The Morgan fingerprint density at radius 1 is 1.16 bits per heavy atom. The molecule has 0 saturated carbocycles. The van der Waals surface area contributed by atoms with Gasteiger partial charge in [-0.2, -0.15) is 0 Å². The molecule has 0 unspecified atom stereocenters. The Labute approximate surface area is 145 Å². The van der Waals surface area contributed by atoms with Gasteiger partial charge in [-0.15, -0.1) is 0 Å². The van der Waals surface area contributed by atoms with Crippen LogP contribution in [0.2, 0.25) is 0 Å². The zero-order valence-electron chi connectivity index (χ0n) is 14.1. The highest BCUT2D eigenvalue weighted by molar-refractivity contribution is 6.02. The first-order chi connectivity index (χ1) is 12.0. The minimum atomic E-state index is -0.482. The predicted octanol–water partition coefficient (Wildman–Crippen LogP) is 3.57. The van der Waals surface area contributed by atoms with E-state index in [9.17, 15) is 14.9 Å². The lowest BCUT2D eigenvalue weighted by Gasteiger charge is -2.08. The Morgan fingerprint density at radius 3 is 2.52 bits per heavy atom. The van der Waals surface area contributed by atoms with Crippen molar-refractivity contribution in [2.24, 2.45) is 0 Å². The zero-order valence-corrected chi connectivity index (χ0v) is 14.1. The van der Waals surface area contributed by atoms with E-state index in [1.54, 1.807) is 44.4 Å². The van der Waals surface area contributed by atoms with Gasteiger partial charge >= 0.3 is 0 Å². The van der Waals surface area contributed by atoms with E-state index in [-0.39, 0.29) is 5.69 Å². The van der Waals surface area contributed by atoms with E-state index in [0.717, 1.165) is 5.56 Å². The molecule has 2 aromatic carbocycles. The SMILES string of the molecule is COc1ccc(C=CC(=O)Nc2cccc([N+](=O)[O-])c2C)cc1OC. The van der Waals surface area contributed by atoms with E-state index in [4.69, 9.17) is 9.47 Å². The van der Waals surface area contributed by atoms with Gasteiger partial charge in [0.15, 0.2) is 11.5 Å². The molecule has 130 valence electrons. The second kappa shape index (κ2) is 7.96. The Kier molecular flexibility index (Phi) is 5.73. The van der Waals surface area contributed by atoms with Crippen molar-refractivity contribution < 1.29 is 19.2 Å². The van der Waals surface area contributed by atoms with Gasteiger partial charge in [0, 0.05) is 12.1 Å². The number of carbonyl (C=O) groups is 1. The molecule has 7 heteroatoms. The van der Waals surface area contributed by atoms with E-state index < -0.39 is 10.8 Å². The van der Waals surface area contributed by atoms with Crippen molar-refractivity contribution in [1.29, 1.82) is 0 Å². The van der Waals surface area contributed by atoms with Gasteiger partial charge in [0.1, 0.15) is 0 Å². The lowest BCUT2D eigenvalue weighted by atomic mass is 10.1. The van der Waals surface area contributed by atoms with Crippen molar-refractivity contribution in [1.82, 2.24) is 0 Å². The highest BCUT2D eigenvalue weighted by atomic mass is 16.6. The topological polar surface area (TPSA) is 90.7 Å². The normalized spacial score (nSPS) is 10.5. The molecule has 0 aliphatic carbocycles. The molecular formula is C18H18N2O5. The lowest BCUT2D eigenvalue weighted by molar-refractivity contribution is -0.385. The van der Waals surface area contributed by atoms with Crippen molar-refractivity contribution >= 4 is 23.4 Å². The number of nitrogens with one attached hydrogen (secondary N) is 1. The average Bonchev–Trinajstić information content (AvgIpc) is 2.61. The van der Waals surface area contributed by atoms with Gasteiger partial charge in [-0.1, -0.05) is 12.1 Å². The second-order valence-corrected chi connectivity index (χ2v) is 5.14. The Balaban J connectivity index is 2.14. The van der Waals surface area contributed by atoms with Gasteiger partial charge < -0.3 is 14.8 Å². The second-order valence-electron chi connectivity index (χ2n) is 5.14. The van der Waals surface area contributed by atoms with Crippen LogP contribution in [-0.2, 0) is 4.79 Å². The van der Waals surface area contributed by atoms with Crippen molar-refractivity contribution in [3.8, 4) is 11.5 Å². The Hall–Kier alpha value is -3.35. The van der Waals surface area contributed by atoms with Crippen LogP contribution >= 0.6 is 0 Å². The van der Waals surface area contributed by atoms with Crippen molar-refractivity contribution in [2.75, 3.05) is 19.5 Å². The van der Waals surface area contributed by atoms with Crippen LogP contribution in [0.15, 0.2) is 42.5 Å². The predicted molar refractivity (Wildman–Crippen MR) is 95.0 cm³/mol. The number of benzene rings is 2. The van der Waals surface area contributed by atoms with Crippen LogP contribution in [0.1, 0.15) is 11.1 Å². The van der Waals surface area contributed by atoms with Gasteiger partial charge in [0.25, 0.3) is 5.69 Å². The molecule has 0 spiro atoms. The van der Waals surface area contributed by atoms with E-state index >= 15 is 0 Å². The number of amides is 1. The monoisotopic (exact) mass is 342 g/mol. The maximum atomic E-state index is 12.1. The first-order valence-electron chi connectivity index (χ1n) is 7.41. The molecule has 2 rings (SSSR count). The number of ether oxygens (including phenoxy) is 2. The summed E-state index contributed by atoms with van der Waals surface area (Å²) in [7, 11) is 3.07. The van der Waals surface area contributed by atoms with Crippen molar-refractivity contribution in [3.63, 3.8) is 0 Å². The summed E-state index contributed by atoms with van der Waals surface area (Å²) in [6, 6.07) is 9.79. The maximum Gasteiger partial charge on any atom is 0.274 e. The number of methoxy groups -OCH3 is 2. The van der Waals surface area contributed by atoms with Gasteiger partial charge in [-0.05, 0) is 36.8 Å². The molecule has 2 aromatic rings. The molecule has 0 heterocycles. The molecule has 1 amide bonds. The van der Waals surface area contributed by atoms with Gasteiger partial charge in [-0.3, -0.25) is 14.9 Å². The molecule has 25 heavy (non-hydrogen) atoms. The largest absolute Gasteiger partial charge is 0.493 e. The molecule has 0 aliphatic heterocycles. The average molecular weight is 342 g/mol. The Bertz CT molecular complexity index is 830. The van der Waals surface area contributed by atoms with E-state index in [1.165, 1.54) is 25.3 Å². The van der Waals surface area contributed by atoms with E-state index in [0.29, 0.717) is 22.7 Å². The number of hydrogen-bond donors (Lipinski definition) is 1.